The molecule has 1 aliphatic carbocycles. The maximum Gasteiger partial charge on any atom is 0.352 e. The molecule has 0 unspecified atom stereocenters. The number of carbonyl (C=O) groups excluding carboxylic acids is 2. The molecular weight excluding hydrogens is 414 g/mol. The lowest BCUT2D eigenvalue weighted by Gasteiger charge is -2.32. The molecule has 0 atom stereocenters. The highest BCUT2D eigenvalue weighted by Crippen LogP contribution is 2.27. The fraction of sp³-hybridized carbons (Fsp3) is 0.421. The summed E-state index contributed by atoms with van der Waals surface area (Å²) in [5.41, 5.74) is 2.73. The summed E-state index contributed by atoms with van der Waals surface area (Å²) in [5.74, 6) is -1.37. The van der Waals surface area contributed by atoms with Crippen molar-refractivity contribution < 1.29 is 14.7 Å². The molecule has 0 bridgehead atoms. The Morgan fingerprint density at radius 1 is 1.23 bits per heavy atom. The van der Waals surface area contributed by atoms with Crippen molar-refractivity contribution in [2.24, 2.45) is 5.73 Å². The summed E-state index contributed by atoms with van der Waals surface area (Å²) in [6.07, 6.45) is 4.96. The van der Waals surface area contributed by atoms with Gasteiger partial charge in [-0.05, 0) is 31.0 Å². The smallest absolute Gasteiger partial charge is 0.352 e. The van der Waals surface area contributed by atoms with Gasteiger partial charge in [-0.25, -0.2) is 9.36 Å². The first kappa shape index (κ1) is 21.7. The third kappa shape index (κ3) is 4.77. The molecule has 2 amide bonds. The monoisotopic (exact) mass is 435 g/mol. The minimum atomic E-state index is -0.944. The van der Waals surface area contributed by atoms with Crippen LogP contribution in [0.2, 0.25) is 5.02 Å². The molecule has 1 aromatic heterocycles. The number of hydrogen-bond donors (Lipinski definition) is 3. The molecule has 1 saturated carbocycles. The number of hydrogen-bond acceptors (Lipinski definition) is 6. The molecule has 1 aliphatic rings. The summed E-state index contributed by atoms with van der Waals surface area (Å²) < 4.78 is 1.51. The van der Waals surface area contributed by atoms with E-state index in [-0.39, 0.29) is 22.8 Å². The van der Waals surface area contributed by atoms with Crippen LogP contribution < -0.4 is 22.3 Å². The number of rotatable bonds is 6. The van der Waals surface area contributed by atoms with Gasteiger partial charge in [-0.15, -0.1) is 0 Å². The van der Waals surface area contributed by atoms with Gasteiger partial charge in [0.15, 0.2) is 0 Å². The highest BCUT2D eigenvalue weighted by atomic mass is 35.5. The van der Waals surface area contributed by atoms with Crippen LogP contribution in [0.5, 0.6) is 0 Å². The molecule has 30 heavy (non-hydrogen) atoms. The lowest BCUT2D eigenvalue weighted by Crippen LogP contribution is -2.44. The molecule has 0 radical (unpaired) electrons. The molecule has 3 rings (SSSR count). The number of nitrogens with one attached hydrogen (secondary N) is 1. The molecule has 1 fully saturated rings. The highest BCUT2D eigenvalue weighted by Gasteiger charge is 2.29. The molecule has 10 nitrogen and oxygen atoms in total. The summed E-state index contributed by atoms with van der Waals surface area (Å²) in [5, 5.41) is 17.2. The van der Waals surface area contributed by atoms with Gasteiger partial charge in [0.05, 0.1) is 21.9 Å². The van der Waals surface area contributed by atoms with Crippen molar-refractivity contribution in [2.45, 2.75) is 44.2 Å². The lowest BCUT2D eigenvalue weighted by molar-refractivity contribution is -0.118. The third-order valence-electron chi connectivity index (χ3n) is 5.08. The number of aromatic nitrogens is 3. The van der Waals surface area contributed by atoms with E-state index in [4.69, 9.17) is 17.3 Å². The van der Waals surface area contributed by atoms with E-state index in [1.807, 2.05) is 0 Å². The molecule has 4 N–H and O–H groups in total. The second-order valence-electron chi connectivity index (χ2n) is 7.36. The van der Waals surface area contributed by atoms with Crippen LogP contribution >= 0.6 is 11.6 Å². The Balaban J connectivity index is 1.88. The van der Waals surface area contributed by atoms with Gasteiger partial charge < -0.3 is 16.2 Å². The fourth-order valence-corrected chi connectivity index (χ4v) is 3.66. The van der Waals surface area contributed by atoms with Crippen LogP contribution in [0.3, 0.4) is 0 Å². The first-order valence-electron chi connectivity index (χ1n) is 9.48. The van der Waals surface area contributed by atoms with Gasteiger partial charge in [0.1, 0.15) is 12.7 Å². The Labute approximate surface area is 176 Å². The first-order chi connectivity index (χ1) is 14.2. The lowest BCUT2D eigenvalue weighted by atomic mass is 9.85. The average molecular weight is 436 g/mol. The quantitative estimate of drug-likeness (QED) is 0.579. The SMILES string of the molecule is NC(=O)Cn1c(=O)cnn(-c2ccc(Cl)c(C(=O)NCC3(O)CCCCC3)c2)c1=O. The summed E-state index contributed by atoms with van der Waals surface area (Å²) in [6.45, 7) is -0.506. The third-order valence-corrected chi connectivity index (χ3v) is 5.41. The number of aliphatic hydroxyl groups is 1. The van der Waals surface area contributed by atoms with Crippen LogP contribution in [0.4, 0.5) is 0 Å². The number of nitrogens with zero attached hydrogens (tertiary/aromatic N) is 3. The molecule has 0 spiro atoms. The molecule has 1 heterocycles. The second-order valence-corrected chi connectivity index (χ2v) is 7.77. The molecule has 11 heteroatoms. The van der Waals surface area contributed by atoms with Gasteiger partial charge in [-0.2, -0.15) is 9.78 Å². The summed E-state index contributed by atoms with van der Waals surface area (Å²) in [4.78, 5) is 48.2. The van der Waals surface area contributed by atoms with E-state index in [9.17, 15) is 24.3 Å². The van der Waals surface area contributed by atoms with Gasteiger partial charge >= 0.3 is 5.69 Å². The number of primary amides is 1. The highest BCUT2D eigenvalue weighted by molar-refractivity contribution is 6.33. The van der Waals surface area contributed by atoms with Crippen molar-refractivity contribution >= 4 is 23.4 Å². The first-order valence-corrected chi connectivity index (χ1v) is 9.86. The number of halogens is 1. The molecule has 1 aromatic carbocycles. The van der Waals surface area contributed by atoms with Crippen LogP contribution in [0, 0.1) is 0 Å². The Hall–Kier alpha value is -2.98. The zero-order valence-corrected chi connectivity index (χ0v) is 16.9. The number of nitrogens with two attached hydrogens (primary N) is 1. The Bertz CT molecular complexity index is 1090. The average Bonchev–Trinajstić information content (AvgIpc) is 2.70. The van der Waals surface area contributed by atoms with Gasteiger partial charge in [-0.3, -0.25) is 14.4 Å². The van der Waals surface area contributed by atoms with E-state index in [0.29, 0.717) is 17.4 Å². The van der Waals surface area contributed by atoms with E-state index in [1.54, 1.807) is 0 Å². The van der Waals surface area contributed by atoms with Crippen molar-refractivity contribution in [3.05, 3.63) is 55.8 Å². The molecule has 0 saturated heterocycles. The molecular formula is C19H22ClN5O5. The Morgan fingerprint density at radius 2 is 1.93 bits per heavy atom. The standard InChI is InChI=1S/C19H22ClN5O5/c20-14-5-4-12(25-18(29)24(10-15(21)26)16(27)9-23-25)8-13(14)17(28)22-11-19(30)6-2-1-3-7-19/h4-5,8-9,30H,1-3,6-7,10-11H2,(H2,21,26)(H,22,28). The van der Waals surface area contributed by atoms with E-state index in [1.165, 1.54) is 18.2 Å². The molecule has 160 valence electrons. The van der Waals surface area contributed by atoms with Crippen LogP contribution in [-0.2, 0) is 11.3 Å². The van der Waals surface area contributed by atoms with E-state index in [0.717, 1.165) is 30.1 Å². The predicted molar refractivity (Wildman–Crippen MR) is 109 cm³/mol. The second kappa shape index (κ2) is 8.80. The minimum Gasteiger partial charge on any atom is -0.388 e. The summed E-state index contributed by atoms with van der Waals surface area (Å²) >= 11 is 6.15. The summed E-state index contributed by atoms with van der Waals surface area (Å²) in [6, 6.07) is 4.20. The zero-order valence-electron chi connectivity index (χ0n) is 16.1. The number of amides is 2. The maximum absolute atomic E-state index is 12.7. The number of carbonyl (C=O) groups is 2. The van der Waals surface area contributed by atoms with E-state index < -0.39 is 35.2 Å². The van der Waals surface area contributed by atoms with Gasteiger partial charge in [-0.1, -0.05) is 30.9 Å². The Morgan fingerprint density at radius 3 is 2.60 bits per heavy atom. The van der Waals surface area contributed by atoms with Crippen molar-refractivity contribution in [3.63, 3.8) is 0 Å². The van der Waals surface area contributed by atoms with Crippen molar-refractivity contribution in [3.8, 4) is 5.69 Å². The van der Waals surface area contributed by atoms with Gasteiger partial charge in [0, 0.05) is 6.54 Å². The maximum atomic E-state index is 12.7. The van der Waals surface area contributed by atoms with Crippen LogP contribution in [0.25, 0.3) is 5.69 Å². The topological polar surface area (TPSA) is 149 Å². The summed E-state index contributed by atoms with van der Waals surface area (Å²) in [7, 11) is 0. The molecule has 2 aromatic rings. The van der Waals surface area contributed by atoms with Crippen LogP contribution in [-0.4, -0.2) is 43.4 Å². The normalized spacial score (nSPS) is 15.5. The minimum absolute atomic E-state index is 0.0786. The molecule has 0 aliphatic heterocycles. The van der Waals surface area contributed by atoms with Crippen LogP contribution in [0.15, 0.2) is 34.0 Å². The largest absolute Gasteiger partial charge is 0.388 e. The van der Waals surface area contributed by atoms with Crippen molar-refractivity contribution in [1.82, 2.24) is 19.7 Å². The predicted octanol–water partition coefficient (Wildman–Crippen LogP) is -0.0421. The van der Waals surface area contributed by atoms with Crippen molar-refractivity contribution in [1.29, 1.82) is 0 Å². The van der Waals surface area contributed by atoms with Crippen molar-refractivity contribution in [2.75, 3.05) is 6.54 Å². The van der Waals surface area contributed by atoms with Crippen LogP contribution in [0.1, 0.15) is 42.5 Å². The zero-order chi connectivity index (χ0) is 21.9. The fourth-order valence-electron chi connectivity index (χ4n) is 3.46. The van der Waals surface area contributed by atoms with Gasteiger partial charge in [0.25, 0.3) is 11.5 Å². The van der Waals surface area contributed by atoms with E-state index >= 15 is 0 Å². The number of benzene rings is 1. The Kier molecular flexibility index (Phi) is 6.37. The van der Waals surface area contributed by atoms with E-state index in [2.05, 4.69) is 10.4 Å². The van der Waals surface area contributed by atoms with Gasteiger partial charge in [0.2, 0.25) is 5.91 Å².